The summed E-state index contributed by atoms with van der Waals surface area (Å²) in [5.41, 5.74) is 6.99. The summed E-state index contributed by atoms with van der Waals surface area (Å²) in [6.07, 6.45) is -0.125. The van der Waals surface area contributed by atoms with Crippen LogP contribution in [0.25, 0.3) is 10.1 Å². The molecule has 0 radical (unpaired) electrons. The molecule has 3 rings (SSSR count). The number of anilines is 1. The third-order valence-corrected chi connectivity index (χ3v) is 3.62. The molecule has 5 heteroatoms. The Hall–Kier alpha value is -0.810. The molecule has 1 aliphatic rings. The lowest BCUT2D eigenvalue weighted by molar-refractivity contribution is 0.565. The fraction of sp³-hybridized carbons (Fsp3) is 0.200. The lowest BCUT2D eigenvalue weighted by Gasteiger charge is -2.22. The maximum Gasteiger partial charge on any atom is 0.130 e. The third-order valence-electron chi connectivity index (χ3n) is 2.45. The Morgan fingerprint density at radius 2 is 2.13 bits per heavy atom. The highest BCUT2D eigenvalue weighted by molar-refractivity contribution is 7.19. The van der Waals surface area contributed by atoms with E-state index in [4.69, 9.17) is 5.73 Å². The molecule has 0 saturated heterocycles. The van der Waals surface area contributed by atoms with Crippen LogP contribution in [0, 0.1) is 0 Å². The van der Waals surface area contributed by atoms with Crippen LogP contribution in [0.4, 0.5) is 5.69 Å². The summed E-state index contributed by atoms with van der Waals surface area (Å²) < 4.78 is 1.32. The minimum Gasteiger partial charge on any atom is -0.356 e. The number of rotatable bonds is 0. The maximum atomic E-state index is 5.78. The smallest absolute Gasteiger partial charge is 0.130 e. The second-order valence-electron chi connectivity index (χ2n) is 3.40. The van der Waals surface area contributed by atoms with E-state index >= 15 is 0 Å². The van der Waals surface area contributed by atoms with E-state index in [2.05, 4.69) is 34.9 Å². The number of halogens is 1. The minimum atomic E-state index is -0.125. The first-order valence-electron chi connectivity index (χ1n) is 4.60. The Bertz CT molecular complexity index is 482. The van der Waals surface area contributed by atoms with E-state index in [-0.39, 0.29) is 18.7 Å². The molecule has 0 spiro atoms. The van der Waals surface area contributed by atoms with Crippen molar-refractivity contribution in [3.8, 4) is 0 Å². The zero-order chi connectivity index (χ0) is 9.54. The van der Waals surface area contributed by atoms with Crippen LogP contribution < -0.4 is 16.4 Å². The van der Waals surface area contributed by atoms with E-state index in [1.165, 1.54) is 20.7 Å². The standard InChI is InChI=1S/C10H11N3S.ClH/c11-10-12-5-8-9(13-10)6-3-1-2-4-7(6)14-8;/h1-4,10,12-13H,5,11H2;1H. The number of benzene rings is 1. The van der Waals surface area contributed by atoms with Gasteiger partial charge in [-0.3, -0.25) is 11.1 Å². The third kappa shape index (κ3) is 1.70. The molecule has 1 atom stereocenters. The van der Waals surface area contributed by atoms with E-state index in [0.29, 0.717) is 0 Å². The van der Waals surface area contributed by atoms with Gasteiger partial charge in [0, 0.05) is 21.5 Å². The molecule has 1 aromatic carbocycles. The summed E-state index contributed by atoms with van der Waals surface area (Å²) in [4.78, 5) is 1.34. The molecular formula is C10H12ClN3S. The van der Waals surface area contributed by atoms with Gasteiger partial charge in [0.25, 0.3) is 0 Å². The average molecular weight is 242 g/mol. The summed E-state index contributed by atoms with van der Waals surface area (Å²) in [5, 5.41) is 7.72. The number of thiophene rings is 1. The van der Waals surface area contributed by atoms with Crippen LogP contribution in [0.5, 0.6) is 0 Å². The summed E-state index contributed by atoms with van der Waals surface area (Å²) in [6.45, 7) is 0.864. The van der Waals surface area contributed by atoms with Gasteiger partial charge in [-0.15, -0.1) is 23.7 Å². The molecule has 3 nitrogen and oxygen atoms in total. The topological polar surface area (TPSA) is 50.1 Å². The first-order chi connectivity index (χ1) is 6.84. The first kappa shape index (κ1) is 10.7. The van der Waals surface area contributed by atoms with E-state index in [9.17, 15) is 0 Å². The van der Waals surface area contributed by atoms with Gasteiger partial charge >= 0.3 is 0 Å². The number of fused-ring (bicyclic) bond motifs is 3. The fourth-order valence-electron chi connectivity index (χ4n) is 1.79. The highest BCUT2D eigenvalue weighted by Crippen LogP contribution is 2.36. The van der Waals surface area contributed by atoms with Gasteiger partial charge in [-0.25, -0.2) is 0 Å². The Morgan fingerprint density at radius 3 is 3.00 bits per heavy atom. The molecule has 1 aliphatic heterocycles. The SMILES string of the molecule is Cl.NC1NCc2sc3ccccc3c2N1. The van der Waals surface area contributed by atoms with Crippen LogP contribution in [0.3, 0.4) is 0 Å². The van der Waals surface area contributed by atoms with Crippen LogP contribution in [-0.2, 0) is 6.54 Å². The zero-order valence-electron chi connectivity index (χ0n) is 7.99. The van der Waals surface area contributed by atoms with Crippen molar-refractivity contribution in [2.24, 2.45) is 5.73 Å². The highest BCUT2D eigenvalue weighted by Gasteiger charge is 2.18. The van der Waals surface area contributed by atoms with Crippen LogP contribution in [0.15, 0.2) is 24.3 Å². The molecule has 0 bridgehead atoms. The monoisotopic (exact) mass is 241 g/mol. The summed E-state index contributed by atoms with van der Waals surface area (Å²) in [7, 11) is 0. The number of hydrogen-bond donors (Lipinski definition) is 3. The molecular weight excluding hydrogens is 230 g/mol. The Morgan fingerprint density at radius 1 is 1.33 bits per heavy atom. The summed E-state index contributed by atoms with van der Waals surface area (Å²) in [5.74, 6) is 0. The number of nitrogens with one attached hydrogen (secondary N) is 2. The second kappa shape index (κ2) is 3.98. The van der Waals surface area contributed by atoms with Gasteiger partial charge in [0.15, 0.2) is 0 Å². The van der Waals surface area contributed by atoms with E-state index in [1.54, 1.807) is 0 Å². The largest absolute Gasteiger partial charge is 0.356 e. The van der Waals surface area contributed by atoms with Gasteiger partial charge in [0.1, 0.15) is 6.29 Å². The lowest BCUT2D eigenvalue weighted by atomic mass is 10.2. The highest BCUT2D eigenvalue weighted by atomic mass is 35.5. The van der Waals surface area contributed by atoms with Gasteiger partial charge in [-0.1, -0.05) is 18.2 Å². The predicted octanol–water partition coefficient (Wildman–Crippen LogP) is 2.08. The van der Waals surface area contributed by atoms with Crippen LogP contribution in [0.2, 0.25) is 0 Å². The van der Waals surface area contributed by atoms with Crippen molar-refractivity contribution in [1.82, 2.24) is 5.32 Å². The van der Waals surface area contributed by atoms with Crippen molar-refractivity contribution in [1.29, 1.82) is 0 Å². The number of hydrogen-bond acceptors (Lipinski definition) is 4. The van der Waals surface area contributed by atoms with E-state index < -0.39 is 0 Å². The van der Waals surface area contributed by atoms with Crippen LogP contribution >= 0.6 is 23.7 Å². The van der Waals surface area contributed by atoms with Crippen molar-refractivity contribution in [3.05, 3.63) is 29.1 Å². The molecule has 1 unspecified atom stereocenters. The second-order valence-corrected chi connectivity index (χ2v) is 4.54. The molecule has 15 heavy (non-hydrogen) atoms. The normalized spacial score (nSPS) is 19.1. The molecule has 1 aromatic heterocycles. The Kier molecular flexibility index (Phi) is 2.84. The van der Waals surface area contributed by atoms with Gasteiger partial charge in [-0.05, 0) is 6.07 Å². The Balaban J connectivity index is 0.000000853. The summed E-state index contributed by atoms with van der Waals surface area (Å²) >= 11 is 1.82. The molecule has 0 aliphatic carbocycles. The molecule has 80 valence electrons. The van der Waals surface area contributed by atoms with Gasteiger partial charge in [0.2, 0.25) is 0 Å². The van der Waals surface area contributed by atoms with Crippen molar-refractivity contribution >= 4 is 39.5 Å². The minimum absolute atomic E-state index is 0. The van der Waals surface area contributed by atoms with Crippen molar-refractivity contribution in [2.45, 2.75) is 12.8 Å². The quantitative estimate of drug-likeness (QED) is 0.662. The fourth-order valence-corrected chi connectivity index (χ4v) is 2.91. The zero-order valence-corrected chi connectivity index (χ0v) is 9.62. The van der Waals surface area contributed by atoms with Crippen LogP contribution in [-0.4, -0.2) is 6.29 Å². The van der Waals surface area contributed by atoms with Gasteiger partial charge in [-0.2, -0.15) is 0 Å². The molecule has 2 aromatic rings. The lowest BCUT2D eigenvalue weighted by Crippen LogP contribution is -2.46. The van der Waals surface area contributed by atoms with E-state index in [0.717, 1.165) is 6.54 Å². The maximum absolute atomic E-state index is 5.78. The first-order valence-corrected chi connectivity index (χ1v) is 5.42. The Labute approximate surface area is 98.1 Å². The number of nitrogens with two attached hydrogens (primary N) is 1. The predicted molar refractivity (Wildman–Crippen MR) is 67.5 cm³/mol. The molecule has 0 saturated carbocycles. The van der Waals surface area contributed by atoms with Gasteiger partial charge in [0.05, 0.1) is 5.69 Å². The van der Waals surface area contributed by atoms with Crippen molar-refractivity contribution in [3.63, 3.8) is 0 Å². The molecule has 4 N–H and O–H groups in total. The molecule has 2 heterocycles. The average Bonchev–Trinajstić information content (AvgIpc) is 2.56. The van der Waals surface area contributed by atoms with Gasteiger partial charge < -0.3 is 5.32 Å². The molecule has 0 amide bonds. The van der Waals surface area contributed by atoms with Crippen molar-refractivity contribution < 1.29 is 0 Å². The van der Waals surface area contributed by atoms with Crippen molar-refractivity contribution in [2.75, 3.05) is 5.32 Å². The molecule has 0 fully saturated rings. The van der Waals surface area contributed by atoms with E-state index in [1.807, 2.05) is 11.3 Å². The summed E-state index contributed by atoms with van der Waals surface area (Å²) in [6, 6.07) is 8.41. The van der Waals surface area contributed by atoms with Crippen LogP contribution in [0.1, 0.15) is 4.88 Å².